The Hall–Kier alpha value is -2.10. The van der Waals surface area contributed by atoms with Crippen LogP contribution >= 0.6 is 23.4 Å². The molecule has 1 fully saturated rings. The Balaban J connectivity index is 2.01. The lowest BCUT2D eigenvalue weighted by molar-refractivity contribution is 0.122. The van der Waals surface area contributed by atoms with E-state index in [1.807, 2.05) is 6.26 Å². The standard InChI is InChI=1S/C16H17ClFN5O2S/c1-26-12-13(17)21-14(22-15(12)23-4-6-25-7-5-23)9-2-3-11(10(18)8-9)20-16(19)24/h2-3,8H,4-7H2,1H3,(H3,19,20,24). The molecular formula is C16H17ClFN5O2S. The summed E-state index contributed by atoms with van der Waals surface area (Å²) in [5.41, 5.74) is 5.45. The van der Waals surface area contributed by atoms with Crippen LogP contribution in [-0.2, 0) is 4.74 Å². The van der Waals surface area contributed by atoms with E-state index < -0.39 is 11.8 Å². The van der Waals surface area contributed by atoms with Crippen molar-refractivity contribution in [2.24, 2.45) is 5.73 Å². The summed E-state index contributed by atoms with van der Waals surface area (Å²) < 4.78 is 19.6. The van der Waals surface area contributed by atoms with E-state index in [0.717, 1.165) is 4.90 Å². The lowest BCUT2D eigenvalue weighted by Gasteiger charge is -2.29. The molecule has 0 radical (unpaired) electrons. The van der Waals surface area contributed by atoms with Crippen LogP contribution in [0.25, 0.3) is 11.4 Å². The van der Waals surface area contributed by atoms with Gasteiger partial charge in [-0.05, 0) is 24.5 Å². The summed E-state index contributed by atoms with van der Waals surface area (Å²) in [4.78, 5) is 22.6. The van der Waals surface area contributed by atoms with E-state index >= 15 is 0 Å². The minimum atomic E-state index is -0.838. The summed E-state index contributed by atoms with van der Waals surface area (Å²) in [6, 6.07) is 3.40. The van der Waals surface area contributed by atoms with Gasteiger partial charge in [0.25, 0.3) is 0 Å². The predicted octanol–water partition coefficient (Wildman–Crippen LogP) is 2.99. The number of nitrogens with one attached hydrogen (secondary N) is 1. The average Bonchev–Trinajstić information content (AvgIpc) is 2.63. The number of rotatable bonds is 4. The number of aromatic nitrogens is 2. The van der Waals surface area contributed by atoms with Crippen LogP contribution in [0, 0.1) is 5.82 Å². The fourth-order valence-electron chi connectivity index (χ4n) is 2.59. The number of halogens is 2. The molecule has 0 saturated carbocycles. The fourth-order valence-corrected chi connectivity index (χ4v) is 3.56. The summed E-state index contributed by atoms with van der Waals surface area (Å²) in [6.07, 6.45) is 1.90. The second kappa shape index (κ2) is 8.07. The molecule has 0 bridgehead atoms. The third-order valence-corrected chi connectivity index (χ3v) is 4.98. The highest BCUT2D eigenvalue weighted by Gasteiger charge is 2.21. The molecule has 2 heterocycles. The van der Waals surface area contributed by atoms with Crippen molar-refractivity contribution in [1.82, 2.24) is 9.97 Å². The van der Waals surface area contributed by atoms with Crippen molar-refractivity contribution < 1.29 is 13.9 Å². The first-order chi connectivity index (χ1) is 12.5. The van der Waals surface area contributed by atoms with Crippen molar-refractivity contribution in [2.75, 3.05) is 42.8 Å². The molecule has 138 valence electrons. The molecule has 1 aliphatic rings. The zero-order chi connectivity index (χ0) is 18.7. The van der Waals surface area contributed by atoms with Gasteiger partial charge in [0.15, 0.2) is 5.82 Å². The number of carbonyl (C=O) groups is 1. The Morgan fingerprint density at radius 3 is 2.73 bits per heavy atom. The van der Waals surface area contributed by atoms with Gasteiger partial charge in [0, 0.05) is 18.7 Å². The van der Waals surface area contributed by atoms with Crippen LogP contribution in [0.1, 0.15) is 0 Å². The Kier molecular flexibility index (Phi) is 5.80. The maximum atomic E-state index is 14.2. The number of nitrogens with zero attached hydrogens (tertiary/aromatic N) is 3. The van der Waals surface area contributed by atoms with Gasteiger partial charge in [0.2, 0.25) is 0 Å². The van der Waals surface area contributed by atoms with Crippen LogP contribution in [0.4, 0.5) is 20.7 Å². The predicted molar refractivity (Wildman–Crippen MR) is 100 cm³/mol. The summed E-state index contributed by atoms with van der Waals surface area (Å²) in [5, 5.41) is 2.52. The minimum absolute atomic E-state index is 0.0125. The number of thioether (sulfide) groups is 1. The highest BCUT2D eigenvalue weighted by atomic mass is 35.5. The molecule has 1 aromatic heterocycles. The highest BCUT2D eigenvalue weighted by molar-refractivity contribution is 7.98. The van der Waals surface area contributed by atoms with Gasteiger partial charge in [-0.2, -0.15) is 0 Å². The molecule has 7 nitrogen and oxygen atoms in total. The molecule has 3 N–H and O–H groups in total. The minimum Gasteiger partial charge on any atom is -0.378 e. The first kappa shape index (κ1) is 18.7. The van der Waals surface area contributed by atoms with E-state index in [-0.39, 0.29) is 5.69 Å². The van der Waals surface area contributed by atoms with E-state index in [9.17, 15) is 9.18 Å². The number of carbonyl (C=O) groups excluding carboxylic acids is 1. The first-order valence-electron chi connectivity index (χ1n) is 7.80. The Morgan fingerprint density at radius 2 is 2.12 bits per heavy atom. The third-order valence-electron chi connectivity index (χ3n) is 3.81. The van der Waals surface area contributed by atoms with Crippen molar-refractivity contribution in [2.45, 2.75) is 4.90 Å². The Bertz CT molecular complexity index is 833. The third kappa shape index (κ3) is 4.00. The summed E-state index contributed by atoms with van der Waals surface area (Å²) in [5.74, 6) is 0.372. The van der Waals surface area contributed by atoms with Crippen molar-refractivity contribution >= 4 is 40.9 Å². The molecule has 2 amide bonds. The number of nitrogens with two attached hydrogens (primary N) is 1. The molecule has 1 aromatic carbocycles. The molecular weight excluding hydrogens is 381 g/mol. The second-order valence-electron chi connectivity index (χ2n) is 5.48. The van der Waals surface area contributed by atoms with Crippen molar-refractivity contribution in [1.29, 1.82) is 0 Å². The van der Waals surface area contributed by atoms with Crippen LogP contribution < -0.4 is 16.0 Å². The number of urea groups is 1. The van der Waals surface area contributed by atoms with Crippen molar-refractivity contribution in [3.05, 3.63) is 29.2 Å². The van der Waals surface area contributed by atoms with Gasteiger partial charge in [-0.15, -0.1) is 11.8 Å². The number of ether oxygens (including phenoxy) is 1. The maximum Gasteiger partial charge on any atom is 0.316 e. The number of primary amides is 1. The smallest absolute Gasteiger partial charge is 0.316 e. The normalized spacial score (nSPS) is 14.3. The number of amides is 2. The zero-order valence-electron chi connectivity index (χ0n) is 14.0. The second-order valence-corrected chi connectivity index (χ2v) is 6.65. The number of morpholine rings is 1. The number of benzene rings is 1. The van der Waals surface area contributed by atoms with Crippen molar-refractivity contribution in [3.8, 4) is 11.4 Å². The van der Waals surface area contributed by atoms with Gasteiger partial charge in [-0.3, -0.25) is 0 Å². The lowest BCUT2D eigenvalue weighted by Crippen LogP contribution is -2.37. The monoisotopic (exact) mass is 397 g/mol. The van der Waals surface area contributed by atoms with Crippen LogP contribution in [0.2, 0.25) is 5.15 Å². The van der Waals surface area contributed by atoms with Gasteiger partial charge < -0.3 is 20.7 Å². The molecule has 26 heavy (non-hydrogen) atoms. The van der Waals surface area contributed by atoms with E-state index in [0.29, 0.717) is 48.7 Å². The van der Waals surface area contributed by atoms with Gasteiger partial charge in [-0.25, -0.2) is 19.2 Å². The lowest BCUT2D eigenvalue weighted by atomic mass is 10.2. The molecule has 3 rings (SSSR count). The van der Waals surface area contributed by atoms with Crippen LogP contribution in [-0.4, -0.2) is 48.6 Å². The Morgan fingerprint density at radius 1 is 1.38 bits per heavy atom. The fraction of sp³-hybridized carbons (Fsp3) is 0.312. The summed E-state index contributed by atoms with van der Waals surface area (Å²) >= 11 is 7.80. The van der Waals surface area contributed by atoms with E-state index in [4.69, 9.17) is 22.1 Å². The molecule has 10 heteroatoms. The van der Waals surface area contributed by atoms with Crippen LogP contribution in [0.15, 0.2) is 23.1 Å². The molecule has 0 atom stereocenters. The number of hydrogen-bond donors (Lipinski definition) is 2. The van der Waals surface area contributed by atoms with E-state index in [1.165, 1.54) is 23.9 Å². The number of anilines is 2. The molecule has 1 saturated heterocycles. The van der Waals surface area contributed by atoms with Crippen LogP contribution in [0.3, 0.4) is 0 Å². The van der Waals surface area contributed by atoms with Gasteiger partial charge in [-0.1, -0.05) is 11.6 Å². The van der Waals surface area contributed by atoms with Gasteiger partial charge >= 0.3 is 6.03 Å². The Labute approximate surface area is 159 Å². The maximum absolute atomic E-state index is 14.2. The zero-order valence-corrected chi connectivity index (χ0v) is 15.5. The topological polar surface area (TPSA) is 93.4 Å². The van der Waals surface area contributed by atoms with Crippen molar-refractivity contribution in [3.63, 3.8) is 0 Å². The SMILES string of the molecule is CSc1c(Cl)nc(-c2ccc(NC(N)=O)c(F)c2)nc1N1CCOCC1. The van der Waals surface area contributed by atoms with Gasteiger partial charge in [0.05, 0.1) is 23.8 Å². The molecule has 0 unspecified atom stereocenters. The highest BCUT2D eigenvalue weighted by Crippen LogP contribution is 2.35. The molecule has 1 aliphatic heterocycles. The molecule has 0 aliphatic carbocycles. The molecule has 0 spiro atoms. The van der Waals surface area contributed by atoms with Gasteiger partial charge in [0.1, 0.15) is 16.8 Å². The average molecular weight is 398 g/mol. The molecule has 2 aromatic rings. The largest absolute Gasteiger partial charge is 0.378 e. The number of hydrogen-bond acceptors (Lipinski definition) is 6. The summed E-state index contributed by atoms with van der Waals surface area (Å²) in [6.45, 7) is 2.59. The first-order valence-corrected chi connectivity index (χ1v) is 9.40. The van der Waals surface area contributed by atoms with E-state index in [2.05, 4.69) is 20.2 Å². The van der Waals surface area contributed by atoms with E-state index in [1.54, 1.807) is 6.07 Å². The summed E-state index contributed by atoms with van der Waals surface area (Å²) in [7, 11) is 0. The van der Waals surface area contributed by atoms with Crippen LogP contribution in [0.5, 0.6) is 0 Å². The quantitative estimate of drug-likeness (QED) is 0.608.